The number of rotatable bonds is 3. The zero-order valence-corrected chi connectivity index (χ0v) is 12.0. The van der Waals surface area contributed by atoms with Gasteiger partial charge in [0.05, 0.1) is 19.8 Å². The monoisotopic (exact) mass is 342 g/mol. The molecule has 136 valence electrons. The van der Waals surface area contributed by atoms with Gasteiger partial charge >= 0.3 is 0 Å². The van der Waals surface area contributed by atoms with Crippen LogP contribution in [0.15, 0.2) is 0 Å². The van der Waals surface area contributed by atoms with E-state index in [0.29, 0.717) is 0 Å². The van der Waals surface area contributed by atoms with Gasteiger partial charge in [-0.3, -0.25) is 0 Å². The highest BCUT2D eigenvalue weighted by atomic mass is 16.7. The van der Waals surface area contributed by atoms with Gasteiger partial charge in [0.15, 0.2) is 17.5 Å². The summed E-state index contributed by atoms with van der Waals surface area (Å²) in [6.07, 6.45) is -13.2. The van der Waals surface area contributed by atoms with Gasteiger partial charge in [-0.1, -0.05) is 0 Å². The molecule has 0 spiro atoms. The Morgan fingerprint density at radius 3 is 1.87 bits per heavy atom. The molecule has 11 nitrogen and oxygen atoms in total. The summed E-state index contributed by atoms with van der Waals surface area (Å²) in [4.78, 5) is 0. The number of hydrogen-bond donors (Lipinski definition) is 9. The third-order valence-electron chi connectivity index (χ3n) is 4.60. The van der Waals surface area contributed by atoms with Crippen LogP contribution in [0.3, 0.4) is 0 Å². The molecule has 2 heterocycles. The van der Waals surface area contributed by atoms with Crippen molar-refractivity contribution in [3.8, 4) is 0 Å². The van der Waals surface area contributed by atoms with Gasteiger partial charge in [-0.05, 0) is 0 Å². The third-order valence-corrected chi connectivity index (χ3v) is 4.60. The van der Waals surface area contributed by atoms with Crippen molar-refractivity contribution in [3.63, 3.8) is 0 Å². The van der Waals surface area contributed by atoms with E-state index >= 15 is 0 Å². The van der Waals surface area contributed by atoms with Gasteiger partial charge in [-0.25, -0.2) is 0 Å². The Bertz CT molecular complexity index is 422. The molecule has 0 unspecified atom stereocenters. The van der Waals surface area contributed by atoms with E-state index < -0.39 is 73.9 Å². The molecule has 9 atom stereocenters. The van der Waals surface area contributed by atoms with Crippen LogP contribution in [0.4, 0.5) is 0 Å². The average Bonchev–Trinajstić information content (AvgIpc) is 2.54. The summed E-state index contributed by atoms with van der Waals surface area (Å²) in [6.45, 7) is -2.37. The highest BCUT2D eigenvalue weighted by Gasteiger charge is 2.70. The third kappa shape index (κ3) is 2.58. The van der Waals surface area contributed by atoms with Crippen LogP contribution in [-0.4, -0.2) is 120 Å². The fourth-order valence-electron chi connectivity index (χ4n) is 3.00. The van der Waals surface area contributed by atoms with Gasteiger partial charge in [0, 0.05) is 0 Å². The van der Waals surface area contributed by atoms with Crippen molar-refractivity contribution in [3.05, 3.63) is 0 Å². The minimum Gasteiger partial charge on any atom is -0.394 e. The highest BCUT2D eigenvalue weighted by molar-refractivity contribution is 5.17. The van der Waals surface area contributed by atoms with Crippen LogP contribution in [0.1, 0.15) is 0 Å². The Labute approximate surface area is 130 Å². The summed E-state index contributed by atoms with van der Waals surface area (Å²) in [5, 5.41) is 89.0. The Morgan fingerprint density at radius 2 is 1.35 bits per heavy atom. The molecule has 0 aromatic rings. The lowest BCUT2D eigenvalue weighted by atomic mass is 9.68. The maximum absolute atomic E-state index is 10.6. The molecule has 0 aromatic carbocycles. The van der Waals surface area contributed by atoms with Crippen molar-refractivity contribution in [2.45, 2.75) is 54.1 Å². The molecule has 0 aromatic heterocycles. The summed E-state index contributed by atoms with van der Waals surface area (Å²) >= 11 is 0. The van der Waals surface area contributed by atoms with Crippen LogP contribution in [-0.2, 0) is 9.47 Å². The van der Waals surface area contributed by atoms with E-state index in [1.54, 1.807) is 0 Å². The molecule has 2 saturated heterocycles. The molecule has 2 fully saturated rings. The normalized spacial score (nSPS) is 54.9. The zero-order valence-electron chi connectivity index (χ0n) is 12.0. The van der Waals surface area contributed by atoms with Crippen molar-refractivity contribution in [2.75, 3.05) is 19.8 Å². The standard InChI is InChI=1S/C12H22O11/c13-1-4-6(15)8(17)11(20,3-22-4)12(21)9(18)7(16)5(2-14)23-10(12)19/h4-10,13-21H,1-3H2/t4-,5-,6-,7-,8+,9+,10+,11-,12-/m1/s1. The van der Waals surface area contributed by atoms with E-state index in [4.69, 9.17) is 19.7 Å². The van der Waals surface area contributed by atoms with Gasteiger partial charge in [0.25, 0.3) is 0 Å². The maximum atomic E-state index is 10.6. The predicted octanol–water partition coefficient (Wildman–Crippen LogP) is -6.01. The molecule has 0 aliphatic carbocycles. The molecular weight excluding hydrogens is 320 g/mol. The minimum atomic E-state index is -3.04. The lowest BCUT2D eigenvalue weighted by Crippen LogP contribution is -2.82. The molecule has 23 heavy (non-hydrogen) atoms. The summed E-state index contributed by atoms with van der Waals surface area (Å²) in [5.74, 6) is 0. The first-order chi connectivity index (χ1) is 10.6. The summed E-state index contributed by atoms with van der Waals surface area (Å²) in [6, 6.07) is 0. The quantitative estimate of drug-likeness (QED) is 0.236. The molecule has 2 rings (SSSR count). The number of aliphatic hydroxyl groups is 9. The maximum Gasteiger partial charge on any atom is 0.190 e. The second-order valence-corrected chi connectivity index (χ2v) is 5.86. The molecular formula is C12H22O11. The lowest BCUT2D eigenvalue weighted by Gasteiger charge is -2.56. The first-order valence-electron chi connectivity index (χ1n) is 6.99. The second kappa shape index (κ2) is 6.46. The lowest BCUT2D eigenvalue weighted by molar-refractivity contribution is -0.399. The fourth-order valence-corrected chi connectivity index (χ4v) is 3.00. The van der Waals surface area contributed by atoms with Crippen LogP contribution >= 0.6 is 0 Å². The highest BCUT2D eigenvalue weighted by Crippen LogP contribution is 2.42. The van der Waals surface area contributed by atoms with Crippen LogP contribution in [0, 0.1) is 0 Å². The first kappa shape index (κ1) is 18.9. The van der Waals surface area contributed by atoms with Crippen LogP contribution < -0.4 is 0 Å². The fraction of sp³-hybridized carbons (Fsp3) is 1.00. The smallest absolute Gasteiger partial charge is 0.190 e. The Morgan fingerprint density at radius 1 is 0.826 bits per heavy atom. The van der Waals surface area contributed by atoms with Gasteiger partial charge < -0.3 is 55.4 Å². The van der Waals surface area contributed by atoms with E-state index in [0.717, 1.165) is 0 Å². The second-order valence-electron chi connectivity index (χ2n) is 5.86. The summed E-state index contributed by atoms with van der Waals surface area (Å²) in [5.41, 5.74) is -5.88. The molecule has 2 aliphatic heterocycles. The SMILES string of the molecule is OC[C@H]1O[C@H](O)[C@@](O)([C@@]2(O)CO[C@H](CO)[C@@H](O)[C@@H]2O)[C@@H](O)[C@@H]1O. The Hall–Kier alpha value is -0.440. The minimum absolute atomic E-state index is 0.691. The van der Waals surface area contributed by atoms with E-state index in [9.17, 15) is 35.7 Å². The predicted molar refractivity (Wildman–Crippen MR) is 68.7 cm³/mol. The largest absolute Gasteiger partial charge is 0.394 e. The van der Waals surface area contributed by atoms with E-state index in [1.807, 2.05) is 0 Å². The summed E-state index contributed by atoms with van der Waals surface area (Å²) in [7, 11) is 0. The van der Waals surface area contributed by atoms with Gasteiger partial charge in [0.2, 0.25) is 0 Å². The topological polar surface area (TPSA) is 201 Å². The van der Waals surface area contributed by atoms with Gasteiger partial charge in [-0.2, -0.15) is 0 Å². The van der Waals surface area contributed by atoms with Crippen LogP contribution in [0.25, 0.3) is 0 Å². The van der Waals surface area contributed by atoms with E-state index in [-0.39, 0.29) is 0 Å². The van der Waals surface area contributed by atoms with E-state index in [2.05, 4.69) is 0 Å². The summed E-state index contributed by atoms with van der Waals surface area (Å²) < 4.78 is 9.73. The van der Waals surface area contributed by atoms with Gasteiger partial charge in [-0.15, -0.1) is 0 Å². The molecule has 0 radical (unpaired) electrons. The zero-order chi connectivity index (χ0) is 17.6. The van der Waals surface area contributed by atoms with Crippen molar-refractivity contribution >= 4 is 0 Å². The molecule has 0 amide bonds. The Balaban J connectivity index is 2.37. The van der Waals surface area contributed by atoms with Gasteiger partial charge in [0.1, 0.15) is 36.6 Å². The molecule has 0 bridgehead atoms. The first-order valence-corrected chi connectivity index (χ1v) is 6.99. The van der Waals surface area contributed by atoms with Crippen molar-refractivity contribution < 1.29 is 55.4 Å². The molecule has 9 N–H and O–H groups in total. The van der Waals surface area contributed by atoms with Crippen molar-refractivity contribution in [1.29, 1.82) is 0 Å². The molecule has 0 saturated carbocycles. The van der Waals surface area contributed by atoms with E-state index in [1.165, 1.54) is 0 Å². The average molecular weight is 342 g/mol. The molecule has 2 aliphatic rings. The molecule has 11 heteroatoms. The number of hydrogen-bond acceptors (Lipinski definition) is 11. The van der Waals surface area contributed by atoms with Crippen LogP contribution in [0.5, 0.6) is 0 Å². The number of aliphatic hydroxyl groups excluding tert-OH is 7. The Kier molecular flexibility index (Phi) is 5.31. The number of ether oxygens (including phenoxy) is 2. The van der Waals surface area contributed by atoms with Crippen molar-refractivity contribution in [1.82, 2.24) is 0 Å². The van der Waals surface area contributed by atoms with Crippen molar-refractivity contribution in [2.24, 2.45) is 0 Å². The van der Waals surface area contributed by atoms with Crippen LogP contribution in [0.2, 0.25) is 0 Å².